The Bertz CT molecular complexity index is 576. The number of fused-ring (bicyclic) bond motifs is 1. The average molecular weight is 241 g/mol. The van der Waals surface area contributed by atoms with Crippen LogP contribution in [-0.2, 0) is 11.8 Å². The highest BCUT2D eigenvalue weighted by Gasteiger charge is 2.17. The molecule has 0 atom stereocenters. The van der Waals surface area contributed by atoms with Crippen LogP contribution in [-0.4, -0.2) is 16.1 Å². The van der Waals surface area contributed by atoms with Crippen LogP contribution in [0.2, 0.25) is 0 Å². The number of anilines is 1. The van der Waals surface area contributed by atoms with Crippen molar-refractivity contribution in [2.24, 2.45) is 0 Å². The zero-order valence-corrected chi connectivity index (χ0v) is 11.2. The largest absolute Gasteiger partial charge is 0.384 e. The minimum absolute atomic E-state index is 0.0974. The second-order valence-electron chi connectivity index (χ2n) is 5.93. The van der Waals surface area contributed by atoms with Crippen molar-refractivity contribution < 1.29 is 0 Å². The Hall–Kier alpha value is -1.77. The van der Waals surface area contributed by atoms with Gasteiger partial charge in [-0.3, -0.25) is 0 Å². The lowest BCUT2D eigenvalue weighted by Crippen LogP contribution is -2.11. The zero-order valence-electron chi connectivity index (χ0n) is 11.2. The molecule has 1 aliphatic heterocycles. The van der Waals surface area contributed by atoms with Gasteiger partial charge in [-0.05, 0) is 24.1 Å². The van der Waals surface area contributed by atoms with Crippen molar-refractivity contribution in [1.29, 1.82) is 0 Å². The third-order valence-corrected chi connectivity index (χ3v) is 3.45. The van der Waals surface area contributed by atoms with Crippen molar-refractivity contribution in [3.8, 4) is 5.69 Å². The first-order chi connectivity index (χ1) is 8.54. The van der Waals surface area contributed by atoms with Gasteiger partial charge in [0.1, 0.15) is 0 Å². The van der Waals surface area contributed by atoms with E-state index in [1.165, 1.54) is 16.9 Å². The molecule has 0 radical (unpaired) electrons. The lowest BCUT2D eigenvalue weighted by Gasteiger charge is -2.14. The molecule has 2 aromatic rings. The Balaban J connectivity index is 1.98. The number of nitrogens with one attached hydrogen (secondary N) is 1. The Morgan fingerprint density at radius 1 is 1.28 bits per heavy atom. The summed E-state index contributed by atoms with van der Waals surface area (Å²) in [4.78, 5) is 4.50. The van der Waals surface area contributed by atoms with Gasteiger partial charge in [0, 0.05) is 29.5 Å². The van der Waals surface area contributed by atoms with Crippen LogP contribution < -0.4 is 5.32 Å². The molecule has 0 unspecified atom stereocenters. The maximum Gasteiger partial charge on any atom is 0.0995 e. The molecule has 1 aliphatic rings. The molecule has 0 saturated heterocycles. The first-order valence-electron chi connectivity index (χ1n) is 6.46. The number of benzene rings is 1. The number of hydrogen-bond donors (Lipinski definition) is 1. The monoisotopic (exact) mass is 241 g/mol. The van der Waals surface area contributed by atoms with Crippen molar-refractivity contribution >= 4 is 5.69 Å². The van der Waals surface area contributed by atoms with Gasteiger partial charge in [-0.15, -0.1) is 0 Å². The summed E-state index contributed by atoms with van der Waals surface area (Å²) in [6, 6.07) is 6.58. The standard InChI is InChI=1S/C15H19N3/c1-15(2,3)14-9-18(10-17-14)12-5-4-11-6-7-16-13(11)8-12/h4-5,8-10,16H,6-7H2,1-3H3. The minimum atomic E-state index is 0.0974. The van der Waals surface area contributed by atoms with Crippen LogP contribution in [0.5, 0.6) is 0 Å². The number of imidazole rings is 1. The van der Waals surface area contributed by atoms with E-state index in [2.05, 4.69) is 60.0 Å². The van der Waals surface area contributed by atoms with Gasteiger partial charge in [-0.25, -0.2) is 4.98 Å². The third-order valence-electron chi connectivity index (χ3n) is 3.45. The van der Waals surface area contributed by atoms with E-state index in [9.17, 15) is 0 Å². The molecule has 0 spiro atoms. The summed E-state index contributed by atoms with van der Waals surface area (Å²) >= 11 is 0. The fourth-order valence-corrected chi connectivity index (χ4v) is 2.29. The van der Waals surface area contributed by atoms with Gasteiger partial charge in [0.15, 0.2) is 0 Å². The zero-order chi connectivity index (χ0) is 12.8. The minimum Gasteiger partial charge on any atom is -0.384 e. The van der Waals surface area contributed by atoms with Crippen LogP contribution in [0.4, 0.5) is 5.69 Å². The molecule has 3 nitrogen and oxygen atoms in total. The lowest BCUT2D eigenvalue weighted by atomic mass is 9.93. The van der Waals surface area contributed by atoms with E-state index in [-0.39, 0.29) is 5.41 Å². The molecule has 0 saturated carbocycles. The summed E-state index contributed by atoms with van der Waals surface area (Å²) in [6.07, 6.45) is 5.15. The van der Waals surface area contributed by atoms with Gasteiger partial charge in [-0.1, -0.05) is 26.8 Å². The maximum absolute atomic E-state index is 4.50. The first-order valence-corrected chi connectivity index (χ1v) is 6.46. The predicted molar refractivity (Wildman–Crippen MR) is 74.5 cm³/mol. The van der Waals surface area contributed by atoms with E-state index >= 15 is 0 Å². The maximum atomic E-state index is 4.50. The number of aromatic nitrogens is 2. The van der Waals surface area contributed by atoms with Gasteiger partial charge in [0.2, 0.25) is 0 Å². The third kappa shape index (κ3) is 1.90. The molecule has 1 aromatic carbocycles. The van der Waals surface area contributed by atoms with Gasteiger partial charge in [0.25, 0.3) is 0 Å². The Morgan fingerprint density at radius 3 is 2.83 bits per heavy atom. The summed E-state index contributed by atoms with van der Waals surface area (Å²) in [5.41, 5.74) is 5.07. The highest BCUT2D eigenvalue weighted by atomic mass is 15.0. The molecule has 0 aliphatic carbocycles. The Kier molecular flexibility index (Phi) is 2.44. The van der Waals surface area contributed by atoms with E-state index in [0.29, 0.717) is 0 Å². The van der Waals surface area contributed by atoms with Crippen molar-refractivity contribution in [3.63, 3.8) is 0 Å². The Morgan fingerprint density at radius 2 is 2.11 bits per heavy atom. The van der Waals surface area contributed by atoms with Gasteiger partial charge >= 0.3 is 0 Å². The van der Waals surface area contributed by atoms with Gasteiger partial charge in [0.05, 0.1) is 12.0 Å². The van der Waals surface area contributed by atoms with E-state index in [1.807, 2.05) is 6.33 Å². The molecule has 2 heterocycles. The number of hydrogen-bond acceptors (Lipinski definition) is 2. The quantitative estimate of drug-likeness (QED) is 0.831. The second-order valence-corrected chi connectivity index (χ2v) is 5.93. The lowest BCUT2D eigenvalue weighted by molar-refractivity contribution is 0.572. The average Bonchev–Trinajstić information content (AvgIpc) is 2.96. The molecule has 94 valence electrons. The van der Waals surface area contributed by atoms with Crippen LogP contribution in [0.15, 0.2) is 30.7 Å². The van der Waals surface area contributed by atoms with Crippen molar-refractivity contribution in [2.75, 3.05) is 11.9 Å². The van der Waals surface area contributed by atoms with Crippen molar-refractivity contribution in [2.45, 2.75) is 32.6 Å². The second kappa shape index (κ2) is 3.87. The normalized spacial score (nSPS) is 14.4. The number of rotatable bonds is 1. The molecule has 1 aromatic heterocycles. The van der Waals surface area contributed by atoms with Crippen molar-refractivity contribution in [1.82, 2.24) is 9.55 Å². The first kappa shape index (κ1) is 11.3. The summed E-state index contributed by atoms with van der Waals surface area (Å²) in [7, 11) is 0. The van der Waals surface area contributed by atoms with E-state index in [1.54, 1.807) is 0 Å². The topological polar surface area (TPSA) is 29.9 Å². The molecule has 3 heteroatoms. The fourth-order valence-electron chi connectivity index (χ4n) is 2.29. The van der Waals surface area contributed by atoms with Gasteiger partial charge < -0.3 is 9.88 Å². The summed E-state index contributed by atoms with van der Waals surface area (Å²) in [6.45, 7) is 7.60. The highest BCUT2D eigenvalue weighted by Crippen LogP contribution is 2.26. The van der Waals surface area contributed by atoms with Crippen LogP contribution in [0.25, 0.3) is 5.69 Å². The number of nitrogens with zero attached hydrogens (tertiary/aromatic N) is 2. The van der Waals surface area contributed by atoms with Crippen LogP contribution in [0.3, 0.4) is 0 Å². The molecule has 18 heavy (non-hydrogen) atoms. The summed E-state index contributed by atoms with van der Waals surface area (Å²) in [5, 5.41) is 3.41. The molecular formula is C15H19N3. The van der Waals surface area contributed by atoms with Crippen LogP contribution in [0.1, 0.15) is 32.0 Å². The fraction of sp³-hybridized carbons (Fsp3) is 0.400. The van der Waals surface area contributed by atoms with E-state index in [4.69, 9.17) is 0 Å². The summed E-state index contributed by atoms with van der Waals surface area (Å²) in [5.74, 6) is 0. The molecule has 0 fully saturated rings. The van der Waals surface area contributed by atoms with Crippen LogP contribution in [0, 0.1) is 0 Å². The SMILES string of the molecule is CC(C)(C)c1cn(-c2ccc3c(c2)NCC3)cn1. The van der Waals surface area contributed by atoms with E-state index < -0.39 is 0 Å². The smallest absolute Gasteiger partial charge is 0.0995 e. The molecule has 1 N–H and O–H groups in total. The van der Waals surface area contributed by atoms with Gasteiger partial charge in [-0.2, -0.15) is 0 Å². The molecular weight excluding hydrogens is 222 g/mol. The highest BCUT2D eigenvalue weighted by molar-refractivity contribution is 5.60. The predicted octanol–water partition coefficient (Wildman–Crippen LogP) is 3.14. The Labute approximate surface area is 108 Å². The van der Waals surface area contributed by atoms with Crippen LogP contribution >= 0.6 is 0 Å². The van der Waals surface area contributed by atoms with E-state index in [0.717, 1.165) is 18.7 Å². The molecule has 0 amide bonds. The summed E-state index contributed by atoms with van der Waals surface area (Å²) < 4.78 is 2.10. The molecule has 0 bridgehead atoms. The van der Waals surface area contributed by atoms with Crippen molar-refractivity contribution in [3.05, 3.63) is 42.0 Å². The molecule has 3 rings (SSSR count).